The van der Waals surface area contributed by atoms with Crippen LogP contribution in [0.5, 0.6) is 17.2 Å². The summed E-state index contributed by atoms with van der Waals surface area (Å²) in [6.45, 7) is 2.79. The van der Waals surface area contributed by atoms with E-state index in [-0.39, 0.29) is 5.91 Å². The van der Waals surface area contributed by atoms with E-state index in [9.17, 15) is 4.79 Å². The second-order valence-corrected chi connectivity index (χ2v) is 8.81. The standard InChI is InChI=1S/C21H20BrNO4S2/c1-13-4-6-15(7-5-13)26-8-9-27-19-16(22)10-14(11-17(19)25-3)12-18-20(24)23(2)21(28)29-18/h4-7,10-12H,8-9H2,1-3H3/b18-12+. The third-order valence-corrected chi connectivity index (χ3v) is 6.23. The van der Waals surface area contributed by atoms with Crippen LogP contribution in [0.15, 0.2) is 45.8 Å². The van der Waals surface area contributed by atoms with Gasteiger partial charge in [-0.15, -0.1) is 0 Å². The van der Waals surface area contributed by atoms with Gasteiger partial charge in [-0.05, 0) is 58.8 Å². The molecule has 0 aliphatic carbocycles. The molecule has 0 spiro atoms. The number of aryl methyl sites for hydroxylation is 1. The van der Waals surface area contributed by atoms with Crippen molar-refractivity contribution in [2.75, 3.05) is 27.4 Å². The molecule has 1 amide bonds. The lowest BCUT2D eigenvalue weighted by Gasteiger charge is -2.14. The third-order valence-electron chi connectivity index (χ3n) is 4.16. The van der Waals surface area contributed by atoms with E-state index in [0.717, 1.165) is 15.8 Å². The van der Waals surface area contributed by atoms with E-state index in [0.29, 0.717) is 33.9 Å². The van der Waals surface area contributed by atoms with E-state index in [2.05, 4.69) is 15.9 Å². The molecular weight excluding hydrogens is 474 g/mol. The molecule has 0 aromatic heterocycles. The van der Waals surface area contributed by atoms with Gasteiger partial charge in [0.15, 0.2) is 11.5 Å². The normalized spacial score (nSPS) is 15.2. The van der Waals surface area contributed by atoms with Crippen LogP contribution in [0.4, 0.5) is 0 Å². The number of hydrogen-bond donors (Lipinski definition) is 0. The topological polar surface area (TPSA) is 48.0 Å². The number of ether oxygens (including phenoxy) is 3. The molecule has 0 N–H and O–H groups in total. The fourth-order valence-corrected chi connectivity index (χ4v) is 4.35. The molecule has 0 radical (unpaired) electrons. The molecule has 3 rings (SSSR count). The van der Waals surface area contributed by atoms with Gasteiger partial charge in [0.2, 0.25) is 0 Å². The van der Waals surface area contributed by atoms with Crippen molar-refractivity contribution in [1.82, 2.24) is 4.90 Å². The first-order valence-electron chi connectivity index (χ1n) is 8.80. The molecule has 2 aromatic carbocycles. The molecule has 5 nitrogen and oxygen atoms in total. The predicted octanol–water partition coefficient (Wildman–Crippen LogP) is 5.05. The van der Waals surface area contributed by atoms with E-state index in [1.165, 1.54) is 22.2 Å². The third kappa shape index (κ3) is 5.32. The Kier molecular flexibility index (Phi) is 7.21. The molecule has 1 aliphatic heterocycles. The number of carbonyl (C=O) groups excluding carboxylic acids is 1. The van der Waals surface area contributed by atoms with Gasteiger partial charge in [-0.25, -0.2) is 0 Å². The predicted molar refractivity (Wildman–Crippen MR) is 124 cm³/mol. The number of thioether (sulfide) groups is 1. The monoisotopic (exact) mass is 493 g/mol. The number of hydrogen-bond acceptors (Lipinski definition) is 6. The van der Waals surface area contributed by atoms with Crippen molar-refractivity contribution in [1.29, 1.82) is 0 Å². The minimum absolute atomic E-state index is 0.108. The molecule has 8 heteroatoms. The van der Waals surface area contributed by atoms with Crippen LogP contribution in [-0.4, -0.2) is 42.5 Å². The van der Waals surface area contributed by atoms with E-state index >= 15 is 0 Å². The van der Waals surface area contributed by atoms with E-state index < -0.39 is 0 Å². The molecule has 0 unspecified atom stereocenters. The first kappa shape index (κ1) is 21.7. The summed E-state index contributed by atoms with van der Waals surface area (Å²) in [5.74, 6) is 1.84. The van der Waals surface area contributed by atoms with Crippen molar-refractivity contribution < 1.29 is 19.0 Å². The Morgan fingerprint density at radius 1 is 1.17 bits per heavy atom. The van der Waals surface area contributed by atoms with Gasteiger partial charge in [0.1, 0.15) is 23.3 Å². The molecule has 1 aliphatic rings. The quantitative estimate of drug-likeness (QED) is 0.305. The first-order chi connectivity index (χ1) is 13.9. The number of methoxy groups -OCH3 is 1. The summed E-state index contributed by atoms with van der Waals surface area (Å²) in [5.41, 5.74) is 1.99. The van der Waals surface area contributed by atoms with Gasteiger partial charge in [-0.1, -0.05) is 41.7 Å². The van der Waals surface area contributed by atoms with E-state index in [1.54, 1.807) is 20.2 Å². The maximum atomic E-state index is 12.2. The Balaban J connectivity index is 1.68. The first-order valence-corrected chi connectivity index (χ1v) is 10.8. The van der Waals surface area contributed by atoms with Gasteiger partial charge in [-0.2, -0.15) is 0 Å². The zero-order chi connectivity index (χ0) is 21.0. The fraction of sp³-hybridized carbons (Fsp3) is 0.238. The molecule has 1 saturated heterocycles. The average Bonchev–Trinajstić information content (AvgIpc) is 2.94. The maximum absolute atomic E-state index is 12.2. The van der Waals surface area contributed by atoms with Crippen LogP contribution in [0, 0.1) is 6.92 Å². The number of halogens is 1. The lowest BCUT2D eigenvalue weighted by molar-refractivity contribution is -0.121. The number of nitrogens with zero attached hydrogens (tertiary/aromatic N) is 1. The van der Waals surface area contributed by atoms with E-state index in [1.807, 2.05) is 43.3 Å². The Labute approximate surface area is 188 Å². The molecule has 1 heterocycles. The number of benzene rings is 2. The van der Waals surface area contributed by atoms with Crippen LogP contribution in [0.2, 0.25) is 0 Å². The molecule has 0 atom stereocenters. The summed E-state index contributed by atoms with van der Waals surface area (Å²) in [7, 11) is 3.25. The van der Waals surface area contributed by atoms with Crippen LogP contribution in [0.1, 0.15) is 11.1 Å². The van der Waals surface area contributed by atoms with Gasteiger partial charge in [0, 0.05) is 7.05 Å². The summed E-state index contributed by atoms with van der Waals surface area (Å²) in [6, 6.07) is 11.6. The fourth-order valence-electron chi connectivity index (χ4n) is 2.60. The molecule has 2 aromatic rings. The Hall–Kier alpha value is -2.03. The lowest BCUT2D eigenvalue weighted by atomic mass is 10.2. The number of carbonyl (C=O) groups is 1. The summed E-state index contributed by atoms with van der Waals surface area (Å²) >= 11 is 9.98. The highest BCUT2D eigenvalue weighted by molar-refractivity contribution is 9.10. The number of amides is 1. The second-order valence-electron chi connectivity index (χ2n) is 6.28. The second kappa shape index (κ2) is 9.65. The largest absolute Gasteiger partial charge is 0.493 e. The molecule has 1 fully saturated rings. The molecule has 0 bridgehead atoms. The van der Waals surface area contributed by atoms with Crippen LogP contribution < -0.4 is 14.2 Å². The van der Waals surface area contributed by atoms with Crippen molar-refractivity contribution in [2.24, 2.45) is 0 Å². The summed E-state index contributed by atoms with van der Waals surface area (Å²) in [4.78, 5) is 14.2. The van der Waals surface area contributed by atoms with E-state index in [4.69, 9.17) is 26.4 Å². The van der Waals surface area contributed by atoms with Crippen molar-refractivity contribution in [3.05, 3.63) is 56.9 Å². The highest BCUT2D eigenvalue weighted by Gasteiger charge is 2.28. The molecule has 29 heavy (non-hydrogen) atoms. The number of thiocarbonyl (C=S) groups is 1. The number of likely N-dealkylation sites (N-methyl/N-ethyl adjacent to an activating group) is 1. The van der Waals surface area contributed by atoms with Gasteiger partial charge < -0.3 is 14.2 Å². The van der Waals surface area contributed by atoms with Gasteiger partial charge in [-0.3, -0.25) is 9.69 Å². The van der Waals surface area contributed by atoms with Crippen LogP contribution in [0.25, 0.3) is 6.08 Å². The average molecular weight is 494 g/mol. The molecule has 0 saturated carbocycles. The summed E-state index contributed by atoms with van der Waals surface area (Å²) in [6.07, 6.45) is 1.79. The summed E-state index contributed by atoms with van der Waals surface area (Å²) < 4.78 is 18.3. The van der Waals surface area contributed by atoms with Crippen molar-refractivity contribution in [2.45, 2.75) is 6.92 Å². The summed E-state index contributed by atoms with van der Waals surface area (Å²) in [5, 5.41) is 0. The minimum Gasteiger partial charge on any atom is -0.493 e. The number of rotatable bonds is 7. The van der Waals surface area contributed by atoms with Crippen molar-refractivity contribution >= 4 is 56.2 Å². The Morgan fingerprint density at radius 3 is 2.48 bits per heavy atom. The van der Waals surface area contributed by atoms with Crippen LogP contribution in [0.3, 0.4) is 0 Å². The van der Waals surface area contributed by atoms with Gasteiger partial charge >= 0.3 is 0 Å². The van der Waals surface area contributed by atoms with Gasteiger partial charge in [0.25, 0.3) is 5.91 Å². The van der Waals surface area contributed by atoms with Crippen LogP contribution in [-0.2, 0) is 4.79 Å². The molecular formula is C21H20BrNO4S2. The Bertz CT molecular complexity index is 960. The zero-order valence-electron chi connectivity index (χ0n) is 16.2. The maximum Gasteiger partial charge on any atom is 0.265 e. The van der Waals surface area contributed by atoms with Crippen molar-refractivity contribution in [3.63, 3.8) is 0 Å². The Morgan fingerprint density at radius 2 is 1.86 bits per heavy atom. The smallest absolute Gasteiger partial charge is 0.265 e. The SMILES string of the molecule is COc1cc(/C=C2/SC(=S)N(C)C2=O)cc(Br)c1OCCOc1ccc(C)cc1. The van der Waals surface area contributed by atoms with Crippen molar-refractivity contribution in [3.8, 4) is 17.2 Å². The lowest BCUT2D eigenvalue weighted by Crippen LogP contribution is -2.22. The zero-order valence-corrected chi connectivity index (χ0v) is 19.4. The minimum atomic E-state index is -0.108. The van der Waals surface area contributed by atoms with Crippen LogP contribution >= 0.6 is 39.9 Å². The molecule has 152 valence electrons. The highest BCUT2D eigenvalue weighted by Crippen LogP contribution is 2.39. The highest BCUT2D eigenvalue weighted by atomic mass is 79.9. The van der Waals surface area contributed by atoms with Gasteiger partial charge in [0.05, 0.1) is 16.5 Å².